The Kier molecular flexibility index (Phi) is 4.90. The summed E-state index contributed by atoms with van der Waals surface area (Å²) in [6.45, 7) is 0.484. The first-order valence-electron chi connectivity index (χ1n) is 9.04. The van der Waals surface area contributed by atoms with Crippen LogP contribution in [0.3, 0.4) is 0 Å². The van der Waals surface area contributed by atoms with Gasteiger partial charge in [0.05, 0.1) is 12.1 Å². The third-order valence-electron chi connectivity index (χ3n) is 4.86. The smallest absolute Gasteiger partial charge is 0.251 e. The number of nitrogens with one attached hydrogen (secondary N) is 1. The van der Waals surface area contributed by atoms with Crippen molar-refractivity contribution >= 4 is 5.91 Å². The van der Waals surface area contributed by atoms with Gasteiger partial charge in [0.2, 0.25) is 0 Å². The van der Waals surface area contributed by atoms with Gasteiger partial charge in [0.15, 0.2) is 0 Å². The third-order valence-corrected chi connectivity index (χ3v) is 4.86. The number of aliphatic hydroxyl groups excluding tert-OH is 1. The molecular formula is C23H21NO3. The van der Waals surface area contributed by atoms with Crippen molar-refractivity contribution in [2.24, 2.45) is 0 Å². The monoisotopic (exact) mass is 359 g/mol. The van der Waals surface area contributed by atoms with Gasteiger partial charge < -0.3 is 15.2 Å². The Bertz CT molecular complexity index is 922. The molecule has 0 saturated heterocycles. The molecule has 0 bridgehead atoms. The van der Waals surface area contributed by atoms with E-state index in [1.54, 1.807) is 24.3 Å². The second kappa shape index (κ2) is 7.64. The Morgan fingerprint density at radius 1 is 0.963 bits per heavy atom. The van der Waals surface area contributed by atoms with E-state index in [-0.39, 0.29) is 11.9 Å². The molecule has 4 nitrogen and oxygen atoms in total. The fourth-order valence-electron chi connectivity index (χ4n) is 3.42. The SMILES string of the molecule is O=C(NC1c2ccccc2CC1O)c1ccc(OCc2ccccc2)cc1. The first kappa shape index (κ1) is 17.3. The number of amides is 1. The van der Waals surface area contributed by atoms with Crippen LogP contribution < -0.4 is 10.1 Å². The summed E-state index contributed by atoms with van der Waals surface area (Å²) in [5.74, 6) is 0.506. The van der Waals surface area contributed by atoms with Crippen LogP contribution >= 0.6 is 0 Å². The van der Waals surface area contributed by atoms with Crippen molar-refractivity contribution in [3.05, 3.63) is 101 Å². The topological polar surface area (TPSA) is 58.6 Å². The molecule has 136 valence electrons. The van der Waals surface area contributed by atoms with Crippen LogP contribution in [-0.2, 0) is 13.0 Å². The fourth-order valence-corrected chi connectivity index (χ4v) is 3.42. The van der Waals surface area contributed by atoms with Gasteiger partial charge in [0.25, 0.3) is 5.91 Å². The third kappa shape index (κ3) is 3.86. The number of carbonyl (C=O) groups is 1. The summed E-state index contributed by atoms with van der Waals surface area (Å²) in [6.07, 6.45) is -0.0345. The molecular weight excluding hydrogens is 338 g/mol. The van der Waals surface area contributed by atoms with Gasteiger partial charge in [-0.1, -0.05) is 54.6 Å². The zero-order chi connectivity index (χ0) is 18.6. The summed E-state index contributed by atoms with van der Waals surface area (Å²) in [5, 5.41) is 13.2. The highest BCUT2D eigenvalue weighted by atomic mass is 16.5. The first-order valence-corrected chi connectivity index (χ1v) is 9.04. The highest BCUT2D eigenvalue weighted by Gasteiger charge is 2.31. The molecule has 0 saturated carbocycles. The van der Waals surface area contributed by atoms with Crippen LogP contribution in [0.15, 0.2) is 78.9 Å². The van der Waals surface area contributed by atoms with Gasteiger partial charge in [-0.25, -0.2) is 0 Å². The van der Waals surface area contributed by atoms with Gasteiger partial charge >= 0.3 is 0 Å². The molecule has 27 heavy (non-hydrogen) atoms. The Morgan fingerprint density at radius 3 is 2.44 bits per heavy atom. The predicted molar refractivity (Wildman–Crippen MR) is 104 cm³/mol. The Morgan fingerprint density at radius 2 is 1.67 bits per heavy atom. The molecule has 4 rings (SSSR count). The fraction of sp³-hybridized carbons (Fsp3) is 0.174. The predicted octanol–water partition coefficient (Wildman–Crippen LogP) is 3.65. The van der Waals surface area contributed by atoms with Crippen LogP contribution in [0.25, 0.3) is 0 Å². The van der Waals surface area contributed by atoms with Gasteiger partial charge in [-0.15, -0.1) is 0 Å². The lowest BCUT2D eigenvalue weighted by molar-refractivity contribution is 0.0858. The molecule has 3 aromatic carbocycles. The van der Waals surface area contributed by atoms with Crippen LogP contribution in [-0.4, -0.2) is 17.1 Å². The number of fused-ring (bicyclic) bond motifs is 1. The van der Waals surface area contributed by atoms with Gasteiger partial charge in [0, 0.05) is 12.0 Å². The summed E-state index contributed by atoms with van der Waals surface area (Å²) in [4.78, 5) is 12.6. The second-order valence-electron chi connectivity index (χ2n) is 6.72. The molecule has 4 heteroatoms. The Balaban J connectivity index is 1.39. The number of ether oxygens (including phenoxy) is 1. The normalized spacial score (nSPS) is 18.0. The first-order chi connectivity index (χ1) is 13.2. The van der Waals surface area contributed by atoms with Crippen molar-refractivity contribution in [1.29, 1.82) is 0 Å². The quantitative estimate of drug-likeness (QED) is 0.731. The molecule has 0 heterocycles. The average molecular weight is 359 g/mol. The largest absolute Gasteiger partial charge is 0.489 e. The van der Waals surface area contributed by atoms with Crippen molar-refractivity contribution in [2.45, 2.75) is 25.2 Å². The lowest BCUT2D eigenvalue weighted by Gasteiger charge is -2.18. The number of aliphatic hydroxyl groups is 1. The minimum absolute atomic E-state index is 0.203. The van der Waals surface area contributed by atoms with Gasteiger partial charge in [0.1, 0.15) is 12.4 Å². The van der Waals surface area contributed by atoms with E-state index in [4.69, 9.17) is 4.74 Å². The van der Waals surface area contributed by atoms with Crippen molar-refractivity contribution in [1.82, 2.24) is 5.32 Å². The van der Waals surface area contributed by atoms with Crippen molar-refractivity contribution in [3.63, 3.8) is 0 Å². The maximum Gasteiger partial charge on any atom is 0.251 e. The van der Waals surface area contributed by atoms with Crippen LogP contribution in [0.4, 0.5) is 0 Å². The van der Waals surface area contributed by atoms with E-state index < -0.39 is 6.10 Å². The van der Waals surface area contributed by atoms with Crippen molar-refractivity contribution in [2.75, 3.05) is 0 Å². The molecule has 1 amide bonds. The summed E-state index contributed by atoms with van der Waals surface area (Å²) >= 11 is 0. The summed E-state index contributed by atoms with van der Waals surface area (Å²) in [5.41, 5.74) is 3.70. The van der Waals surface area contributed by atoms with E-state index in [0.717, 1.165) is 16.7 Å². The van der Waals surface area contributed by atoms with Crippen molar-refractivity contribution < 1.29 is 14.6 Å². The summed E-state index contributed by atoms with van der Waals surface area (Å²) < 4.78 is 5.75. The van der Waals surface area contributed by atoms with Gasteiger partial charge in [-0.2, -0.15) is 0 Å². The van der Waals surface area contributed by atoms with Crippen molar-refractivity contribution in [3.8, 4) is 5.75 Å². The number of benzene rings is 3. The molecule has 0 radical (unpaired) electrons. The van der Waals surface area contributed by atoms with E-state index >= 15 is 0 Å². The van der Waals surface area contributed by atoms with E-state index in [1.165, 1.54) is 0 Å². The molecule has 2 unspecified atom stereocenters. The van der Waals surface area contributed by atoms with E-state index in [1.807, 2.05) is 54.6 Å². The average Bonchev–Trinajstić information content (AvgIpc) is 3.03. The second-order valence-corrected chi connectivity index (χ2v) is 6.72. The minimum atomic E-state index is -0.597. The lowest BCUT2D eigenvalue weighted by atomic mass is 10.1. The molecule has 3 aromatic rings. The van der Waals surface area contributed by atoms with Gasteiger partial charge in [-0.3, -0.25) is 4.79 Å². The van der Waals surface area contributed by atoms with Crippen LogP contribution in [0.5, 0.6) is 5.75 Å². The zero-order valence-corrected chi connectivity index (χ0v) is 14.8. The number of hydrogen-bond donors (Lipinski definition) is 2. The summed E-state index contributed by atoms with van der Waals surface area (Å²) in [7, 11) is 0. The van der Waals surface area contributed by atoms with Crippen LogP contribution in [0, 0.1) is 0 Å². The minimum Gasteiger partial charge on any atom is -0.489 e. The van der Waals surface area contributed by atoms with Crippen LogP contribution in [0.1, 0.15) is 33.1 Å². The maximum absolute atomic E-state index is 12.6. The summed E-state index contributed by atoms with van der Waals surface area (Å²) in [6, 6.07) is 24.4. The number of rotatable bonds is 5. The highest BCUT2D eigenvalue weighted by molar-refractivity contribution is 5.94. The number of carbonyl (C=O) groups excluding carboxylic acids is 1. The molecule has 0 aliphatic heterocycles. The molecule has 1 aliphatic carbocycles. The molecule has 2 atom stereocenters. The Hall–Kier alpha value is -3.11. The molecule has 0 spiro atoms. The van der Waals surface area contributed by atoms with Gasteiger partial charge in [-0.05, 0) is 41.0 Å². The molecule has 0 aromatic heterocycles. The molecule has 2 N–H and O–H groups in total. The number of hydrogen-bond acceptors (Lipinski definition) is 3. The molecule has 1 aliphatic rings. The lowest BCUT2D eigenvalue weighted by Crippen LogP contribution is -2.33. The van der Waals surface area contributed by atoms with E-state index in [2.05, 4.69) is 5.32 Å². The highest BCUT2D eigenvalue weighted by Crippen LogP contribution is 2.31. The van der Waals surface area contributed by atoms with Crippen LogP contribution in [0.2, 0.25) is 0 Å². The maximum atomic E-state index is 12.6. The molecule has 0 fully saturated rings. The van der Waals surface area contributed by atoms with E-state index in [9.17, 15) is 9.90 Å². The Labute approximate surface area is 158 Å². The zero-order valence-electron chi connectivity index (χ0n) is 14.8. The van der Waals surface area contributed by atoms with E-state index in [0.29, 0.717) is 24.3 Å². The standard InChI is InChI=1S/C23H21NO3/c25-21-14-18-8-4-5-9-20(18)22(21)24-23(26)17-10-12-19(13-11-17)27-15-16-6-2-1-3-7-16/h1-13,21-22,25H,14-15H2,(H,24,26).